The van der Waals surface area contributed by atoms with Gasteiger partial charge in [-0.15, -0.1) is 0 Å². The molecular weight excluding hydrogens is 532 g/mol. The number of hydrazone groups is 2. The van der Waals surface area contributed by atoms with Gasteiger partial charge in [-0.2, -0.15) is 10.2 Å². The van der Waals surface area contributed by atoms with Crippen LogP contribution in [0.1, 0.15) is 6.92 Å². The van der Waals surface area contributed by atoms with E-state index in [1.807, 2.05) is 0 Å². The molecule has 4 rings (SSSR count). The van der Waals surface area contributed by atoms with Crippen LogP contribution in [0.5, 0.6) is 0 Å². The average molecular weight is 555 g/mol. The molecule has 0 atom stereocenters. The predicted octanol–water partition coefficient (Wildman–Crippen LogP) is 3.56. The van der Waals surface area contributed by atoms with E-state index in [1.165, 1.54) is 31.2 Å². The maximum atomic E-state index is 12.4. The first kappa shape index (κ1) is 27.9. The molecule has 2 aromatic rings. The first-order valence-electron chi connectivity index (χ1n) is 11.9. The molecule has 0 saturated heterocycles. The van der Waals surface area contributed by atoms with Crippen LogP contribution in [0.15, 0.2) is 106 Å². The van der Waals surface area contributed by atoms with Crippen molar-refractivity contribution in [3.05, 3.63) is 95.6 Å². The topological polar surface area (TPSA) is 199 Å². The number of hydrogen-bond acceptors (Lipinski definition) is 9. The number of carbonyl (C=O) groups excluding carboxylic acids is 3. The molecule has 0 spiro atoms. The lowest BCUT2D eigenvalue weighted by Gasteiger charge is -2.10. The van der Waals surface area contributed by atoms with Gasteiger partial charge in [-0.1, -0.05) is 0 Å². The van der Waals surface area contributed by atoms with Gasteiger partial charge in [0.05, 0.1) is 22.8 Å². The van der Waals surface area contributed by atoms with Crippen molar-refractivity contribution in [2.45, 2.75) is 6.92 Å². The number of amides is 2. The highest BCUT2D eigenvalue weighted by Gasteiger charge is 2.23. The quantitative estimate of drug-likeness (QED) is 0.160. The third-order valence-corrected chi connectivity index (χ3v) is 5.60. The second kappa shape index (κ2) is 12.2. The number of anilines is 4. The summed E-state index contributed by atoms with van der Waals surface area (Å²) in [6.07, 6.45) is 6.35. The largest absolute Gasteiger partial charge is 0.478 e. The summed E-state index contributed by atoms with van der Waals surface area (Å²) in [5.74, 6) is -3.83. The summed E-state index contributed by atoms with van der Waals surface area (Å²) in [6, 6.07) is 12.6. The molecule has 2 amide bonds. The van der Waals surface area contributed by atoms with Gasteiger partial charge in [-0.05, 0) is 91.4 Å². The zero-order chi connectivity index (χ0) is 29.5. The second-order valence-electron chi connectivity index (χ2n) is 8.61. The van der Waals surface area contributed by atoms with Crippen LogP contribution in [0.3, 0.4) is 0 Å². The number of ketones is 2. The van der Waals surface area contributed by atoms with E-state index in [9.17, 15) is 24.0 Å². The number of carboxylic acid groups (broad SMARTS) is 2. The lowest BCUT2D eigenvalue weighted by molar-refractivity contribution is -0.135. The van der Waals surface area contributed by atoms with E-state index in [1.54, 1.807) is 48.5 Å². The number of carbonyl (C=O) groups is 5. The number of Topliss-reactive ketones (excluding diaryl/α,β-unsaturated/α-hetero) is 1. The van der Waals surface area contributed by atoms with Gasteiger partial charge in [-0.3, -0.25) is 20.4 Å². The fourth-order valence-corrected chi connectivity index (χ4v) is 3.54. The minimum atomic E-state index is -1.33. The minimum absolute atomic E-state index is 0.263. The van der Waals surface area contributed by atoms with Crippen LogP contribution in [0.2, 0.25) is 0 Å². The van der Waals surface area contributed by atoms with Crippen molar-refractivity contribution in [1.29, 1.82) is 0 Å². The number of hydrogen-bond donors (Lipinski definition) is 6. The van der Waals surface area contributed by atoms with Gasteiger partial charge in [0, 0.05) is 11.4 Å². The Kier molecular flexibility index (Phi) is 8.28. The van der Waals surface area contributed by atoms with Crippen molar-refractivity contribution in [3.63, 3.8) is 0 Å². The second-order valence-corrected chi connectivity index (χ2v) is 8.61. The zero-order valence-corrected chi connectivity index (χ0v) is 21.3. The highest BCUT2D eigenvalue weighted by molar-refractivity contribution is 6.31. The number of benzene rings is 2. The lowest BCUT2D eigenvalue weighted by Crippen LogP contribution is -2.19. The van der Waals surface area contributed by atoms with Gasteiger partial charge in [0.1, 0.15) is 11.1 Å². The molecule has 0 heterocycles. The lowest BCUT2D eigenvalue weighted by atomic mass is 9.97. The average Bonchev–Trinajstić information content (AvgIpc) is 2.94. The Hall–Kier alpha value is -6.11. The van der Waals surface area contributed by atoms with Crippen LogP contribution in [0, 0.1) is 0 Å². The maximum absolute atomic E-state index is 12.4. The number of nitrogens with one attached hydrogen (secondary N) is 4. The summed E-state index contributed by atoms with van der Waals surface area (Å²) in [7, 11) is 0. The summed E-state index contributed by atoms with van der Waals surface area (Å²) in [4.78, 5) is 58.2. The molecule has 6 N–H and O–H groups in total. The summed E-state index contributed by atoms with van der Waals surface area (Å²) < 4.78 is 0. The van der Waals surface area contributed by atoms with Gasteiger partial charge >= 0.3 is 18.0 Å². The normalized spacial score (nSPS) is 16.5. The Morgan fingerprint density at radius 1 is 0.634 bits per heavy atom. The standard InChI is InChI=1S/C28H22N6O7/c1-15-12-21(14-23(25(15)36)27(39)40)34-32-19-8-4-17(5-9-19)30-28(41)29-16-2-6-18(7-3-16)31-33-20-10-11-24(35)22(13-20)26(37)38/h2-14,31-32H,1H3,(H,37,38)(H,39,40)(H2,29,30,41)/b33-20+,34-21-. The van der Waals surface area contributed by atoms with Crippen LogP contribution in [-0.2, 0) is 19.2 Å². The Balaban J connectivity index is 1.29. The van der Waals surface area contributed by atoms with E-state index in [2.05, 4.69) is 31.7 Å². The number of carboxylic acids is 2. The van der Waals surface area contributed by atoms with Crippen molar-refractivity contribution in [2.24, 2.45) is 10.2 Å². The number of allylic oxidation sites excluding steroid dienone is 6. The van der Waals surface area contributed by atoms with E-state index < -0.39 is 29.5 Å². The highest BCUT2D eigenvalue weighted by Crippen LogP contribution is 2.18. The van der Waals surface area contributed by atoms with Crippen LogP contribution in [0.4, 0.5) is 27.5 Å². The molecule has 0 saturated carbocycles. The van der Waals surface area contributed by atoms with E-state index in [0.717, 1.165) is 6.08 Å². The van der Waals surface area contributed by atoms with Crippen molar-refractivity contribution >= 4 is 63.7 Å². The van der Waals surface area contributed by atoms with Crippen LogP contribution >= 0.6 is 0 Å². The first-order chi connectivity index (χ1) is 19.6. The van der Waals surface area contributed by atoms with Gasteiger partial charge in [0.25, 0.3) is 0 Å². The number of aliphatic carboxylic acids is 2. The molecule has 206 valence electrons. The smallest absolute Gasteiger partial charge is 0.339 e. The van der Waals surface area contributed by atoms with E-state index in [4.69, 9.17) is 10.2 Å². The van der Waals surface area contributed by atoms with E-state index in [0.29, 0.717) is 22.7 Å². The SMILES string of the molecule is CC1=C/C(=N/Nc2ccc(NC(=O)Nc3ccc(N/N=C4\C=CC(=O)C(C(=O)O)=C4)cc3)cc2)C=C(C(=O)O)C1=O. The first-order valence-corrected chi connectivity index (χ1v) is 11.9. The van der Waals surface area contributed by atoms with Gasteiger partial charge in [0.2, 0.25) is 0 Å². The highest BCUT2D eigenvalue weighted by atomic mass is 16.4. The number of nitrogens with zero attached hydrogens (tertiary/aromatic N) is 2. The summed E-state index contributed by atoms with van der Waals surface area (Å²) in [5, 5.41) is 31.8. The van der Waals surface area contributed by atoms with E-state index >= 15 is 0 Å². The van der Waals surface area contributed by atoms with Crippen molar-refractivity contribution in [2.75, 3.05) is 21.5 Å². The summed E-state index contributed by atoms with van der Waals surface area (Å²) in [5.41, 5.74) is 7.71. The van der Waals surface area contributed by atoms with Crippen LogP contribution in [0.25, 0.3) is 0 Å². The Labute approximate surface area is 232 Å². The summed E-state index contributed by atoms with van der Waals surface area (Å²) in [6.45, 7) is 1.51. The van der Waals surface area contributed by atoms with Crippen molar-refractivity contribution in [1.82, 2.24) is 0 Å². The Bertz CT molecular complexity index is 1630. The number of urea groups is 1. The predicted molar refractivity (Wildman–Crippen MR) is 152 cm³/mol. The molecule has 0 fully saturated rings. The molecule has 13 heteroatoms. The molecule has 0 bridgehead atoms. The number of rotatable bonds is 8. The van der Waals surface area contributed by atoms with Gasteiger partial charge in [-0.25, -0.2) is 14.4 Å². The maximum Gasteiger partial charge on any atom is 0.339 e. The minimum Gasteiger partial charge on any atom is -0.478 e. The molecule has 2 aliphatic rings. The summed E-state index contributed by atoms with van der Waals surface area (Å²) >= 11 is 0. The Morgan fingerprint density at radius 2 is 1.10 bits per heavy atom. The van der Waals surface area contributed by atoms with E-state index in [-0.39, 0.29) is 28.1 Å². The third-order valence-electron chi connectivity index (χ3n) is 5.60. The van der Waals surface area contributed by atoms with Crippen LogP contribution < -0.4 is 21.5 Å². The third kappa shape index (κ3) is 7.26. The molecule has 13 nitrogen and oxygen atoms in total. The van der Waals surface area contributed by atoms with Crippen molar-refractivity contribution < 1.29 is 34.2 Å². The van der Waals surface area contributed by atoms with Gasteiger partial charge in [0.15, 0.2) is 11.6 Å². The fourth-order valence-electron chi connectivity index (χ4n) is 3.54. The molecular formula is C28H22N6O7. The van der Waals surface area contributed by atoms with Gasteiger partial charge < -0.3 is 20.8 Å². The molecule has 41 heavy (non-hydrogen) atoms. The molecule has 0 unspecified atom stereocenters. The Morgan fingerprint density at radius 3 is 1.61 bits per heavy atom. The van der Waals surface area contributed by atoms with Crippen molar-refractivity contribution in [3.8, 4) is 0 Å². The molecule has 0 aromatic heterocycles. The molecule has 2 aliphatic carbocycles. The monoisotopic (exact) mass is 554 g/mol. The molecule has 2 aromatic carbocycles. The molecule has 0 radical (unpaired) electrons. The zero-order valence-electron chi connectivity index (χ0n) is 21.3. The molecule has 0 aliphatic heterocycles. The van der Waals surface area contributed by atoms with Crippen LogP contribution in [-0.4, -0.2) is 51.2 Å². The fraction of sp³-hybridized carbons (Fsp3) is 0.0357.